The fourth-order valence-corrected chi connectivity index (χ4v) is 2.28. The first-order valence-corrected chi connectivity index (χ1v) is 4.56. The highest BCUT2D eigenvalue weighted by Gasteiger charge is 2.21. The molecule has 2 heterocycles. The molecule has 0 spiro atoms. The van der Waals surface area contributed by atoms with Crippen LogP contribution in [0.3, 0.4) is 0 Å². The summed E-state index contributed by atoms with van der Waals surface area (Å²) in [7, 11) is 0. The molecule has 1 aromatic rings. The molecule has 0 saturated carbocycles. The van der Waals surface area contributed by atoms with Crippen molar-refractivity contribution < 1.29 is 0 Å². The molecule has 1 aliphatic heterocycles. The highest BCUT2D eigenvalue weighted by atomic mass is 127. The van der Waals surface area contributed by atoms with E-state index in [-0.39, 0.29) is 0 Å². The summed E-state index contributed by atoms with van der Waals surface area (Å²) in [4.78, 5) is 8.04. The topological polar surface area (TPSA) is 29.0 Å². The van der Waals surface area contributed by atoms with Gasteiger partial charge in [0.15, 0.2) is 5.15 Å². The fourth-order valence-electron chi connectivity index (χ4n) is 1.13. The number of hydrogen-bond acceptors (Lipinski definition) is 3. The van der Waals surface area contributed by atoms with Crippen LogP contribution < -0.4 is 3.11 Å². The van der Waals surface area contributed by atoms with E-state index in [4.69, 9.17) is 11.6 Å². The molecular weight excluding hydrogens is 276 g/mol. The summed E-state index contributed by atoms with van der Waals surface area (Å²) in [5.74, 6) is 0. The molecule has 0 radical (unpaired) electrons. The largest absolute Gasteiger partial charge is 0.310 e. The lowest BCUT2D eigenvalue weighted by Gasteiger charge is -2.08. The van der Waals surface area contributed by atoms with E-state index in [0.717, 1.165) is 24.3 Å². The van der Waals surface area contributed by atoms with E-state index in [0.29, 0.717) is 5.15 Å². The van der Waals surface area contributed by atoms with Gasteiger partial charge >= 0.3 is 0 Å². The molecule has 0 amide bonds. The van der Waals surface area contributed by atoms with E-state index in [1.165, 1.54) is 6.33 Å². The van der Waals surface area contributed by atoms with Gasteiger partial charge in [-0.1, -0.05) is 11.6 Å². The van der Waals surface area contributed by atoms with Gasteiger partial charge in [-0.05, 0) is 0 Å². The predicted octanol–water partition coefficient (Wildman–Crippen LogP) is 1.84. The van der Waals surface area contributed by atoms with Gasteiger partial charge in [0.1, 0.15) is 12.0 Å². The second-order valence-electron chi connectivity index (χ2n) is 2.30. The SMILES string of the molecule is Clc1ncnc2c1N(I)CC2. The van der Waals surface area contributed by atoms with Crippen molar-refractivity contribution in [3.05, 3.63) is 17.2 Å². The second kappa shape index (κ2) is 2.75. The molecule has 11 heavy (non-hydrogen) atoms. The van der Waals surface area contributed by atoms with Crippen LogP contribution in [0, 0.1) is 0 Å². The number of anilines is 1. The number of rotatable bonds is 0. The smallest absolute Gasteiger partial charge is 0.156 e. The zero-order valence-electron chi connectivity index (χ0n) is 5.59. The lowest BCUT2D eigenvalue weighted by molar-refractivity contribution is 1.01. The van der Waals surface area contributed by atoms with Crippen LogP contribution in [0.2, 0.25) is 5.15 Å². The number of fused-ring (bicyclic) bond motifs is 1. The first-order chi connectivity index (χ1) is 5.29. The van der Waals surface area contributed by atoms with Crippen molar-refractivity contribution in [1.82, 2.24) is 9.97 Å². The molecule has 0 N–H and O–H groups in total. The van der Waals surface area contributed by atoms with Gasteiger partial charge in [0.25, 0.3) is 0 Å². The summed E-state index contributed by atoms with van der Waals surface area (Å²) in [6, 6.07) is 0. The molecule has 0 aliphatic carbocycles. The van der Waals surface area contributed by atoms with Crippen LogP contribution in [0.5, 0.6) is 0 Å². The molecule has 0 aromatic carbocycles. The summed E-state index contributed by atoms with van der Waals surface area (Å²) >= 11 is 8.08. The molecule has 0 unspecified atom stereocenters. The first kappa shape index (κ1) is 7.54. The lowest BCUT2D eigenvalue weighted by Crippen LogP contribution is -2.04. The second-order valence-corrected chi connectivity index (χ2v) is 3.82. The Balaban J connectivity index is 2.58. The van der Waals surface area contributed by atoms with Crippen molar-refractivity contribution in [1.29, 1.82) is 0 Å². The minimum absolute atomic E-state index is 0.557. The molecule has 1 aliphatic rings. The Kier molecular flexibility index (Phi) is 1.88. The molecule has 0 fully saturated rings. The van der Waals surface area contributed by atoms with Crippen molar-refractivity contribution in [2.45, 2.75) is 6.42 Å². The average molecular weight is 281 g/mol. The van der Waals surface area contributed by atoms with Gasteiger partial charge in [-0.3, -0.25) is 0 Å². The summed E-state index contributed by atoms with van der Waals surface area (Å²) < 4.78 is 2.05. The number of halogens is 2. The average Bonchev–Trinajstić information content (AvgIpc) is 2.34. The van der Waals surface area contributed by atoms with Crippen molar-refractivity contribution in [2.24, 2.45) is 0 Å². The number of aromatic nitrogens is 2. The van der Waals surface area contributed by atoms with E-state index in [9.17, 15) is 0 Å². The molecule has 1 aromatic heterocycles. The molecule has 58 valence electrons. The number of hydrogen-bond donors (Lipinski definition) is 0. The van der Waals surface area contributed by atoms with Crippen molar-refractivity contribution >= 4 is 40.2 Å². The van der Waals surface area contributed by atoms with E-state index >= 15 is 0 Å². The van der Waals surface area contributed by atoms with Crippen LogP contribution in [-0.4, -0.2) is 16.5 Å². The van der Waals surface area contributed by atoms with Gasteiger partial charge in [0, 0.05) is 13.0 Å². The third-order valence-corrected chi connectivity index (χ3v) is 2.88. The quantitative estimate of drug-likeness (QED) is 0.413. The summed E-state index contributed by atoms with van der Waals surface area (Å²) in [5.41, 5.74) is 2.04. The normalized spacial score (nSPS) is 15.3. The number of nitrogens with zero attached hydrogens (tertiary/aromatic N) is 3. The van der Waals surface area contributed by atoms with Crippen molar-refractivity contribution in [3.8, 4) is 0 Å². The Morgan fingerprint density at radius 2 is 2.36 bits per heavy atom. The fraction of sp³-hybridized carbons (Fsp3) is 0.333. The molecule has 5 heteroatoms. The molecule has 0 atom stereocenters. The molecule has 0 saturated heterocycles. The van der Waals surface area contributed by atoms with Gasteiger partial charge in [-0.25, -0.2) is 9.97 Å². The van der Waals surface area contributed by atoms with E-state index < -0.39 is 0 Å². The van der Waals surface area contributed by atoms with Crippen molar-refractivity contribution in [2.75, 3.05) is 9.66 Å². The summed E-state index contributed by atoms with van der Waals surface area (Å²) in [6.07, 6.45) is 2.48. The Morgan fingerprint density at radius 3 is 3.09 bits per heavy atom. The predicted molar refractivity (Wildman–Crippen MR) is 52.1 cm³/mol. The van der Waals surface area contributed by atoms with Gasteiger partial charge in [0.05, 0.1) is 28.6 Å². The maximum Gasteiger partial charge on any atom is 0.156 e. The molecule has 2 rings (SSSR count). The summed E-state index contributed by atoms with van der Waals surface area (Å²) in [6.45, 7) is 0.980. The van der Waals surface area contributed by atoms with E-state index in [1.54, 1.807) is 0 Å². The molecule has 3 nitrogen and oxygen atoms in total. The summed E-state index contributed by atoms with van der Waals surface area (Å²) in [5, 5.41) is 0.557. The van der Waals surface area contributed by atoms with Gasteiger partial charge in [-0.2, -0.15) is 0 Å². The van der Waals surface area contributed by atoms with E-state index in [2.05, 4.69) is 35.9 Å². The Bertz CT molecular complexity index is 291. The van der Waals surface area contributed by atoms with Crippen LogP contribution in [-0.2, 0) is 6.42 Å². The standard InChI is InChI=1S/C6H5ClIN3/c7-6-5-4(9-3-10-6)1-2-11(5)8/h3H,1-2H2. The Morgan fingerprint density at radius 1 is 1.55 bits per heavy atom. The van der Waals surface area contributed by atoms with Crippen LogP contribution in [0.4, 0.5) is 5.69 Å². The third-order valence-electron chi connectivity index (χ3n) is 1.64. The maximum atomic E-state index is 5.87. The minimum Gasteiger partial charge on any atom is -0.310 e. The highest BCUT2D eigenvalue weighted by Crippen LogP contribution is 2.33. The zero-order chi connectivity index (χ0) is 7.84. The Hall–Kier alpha value is -0.100. The zero-order valence-corrected chi connectivity index (χ0v) is 8.50. The van der Waals surface area contributed by atoms with Crippen LogP contribution in [0.25, 0.3) is 0 Å². The monoisotopic (exact) mass is 281 g/mol. The van der Waals surface area contributed by atoms with E-state index in [1.807, 2.05) is 0 Å². The van der Waals surface area contributed by atoms with Gasteiger partial charge in [-0.15, -0.1) is 0 Å². The lowest BCUT2D eigenvalue weighted by atomic mass is 10.3. The van der Waals surface area contributed by atoms with Crippen LogP contribution in [0.1, 0.15) is 5.69 Å². The van der Waals surface area contributed by atoms with Crippen molar-refractivity contribution in [3.63, 3.8) is 0 Å². The first-order valence-electron chi connectivity index (χ1n) is 3.22. The van der Waals surface area contributed by atoms with Gasteiger partial charge < -0.3 is 3.11 Å². The van der Waals surface area contributed by atoms with Crippen LogP contribution >= 0.6 is 34.5 Å². The molecular formula is C6H5ClIN3. The van der Waals surface area contributed by atoms with Crippen LogP contribution in [0.15, 0.2) is 6.33 Å². The Labute approximate surface area is 83.3 Å². The maximum absolute atomic E-state index is 5.87. The third kappa shape index (κ3) is 1.18. The highest BCUT2D eigenvalue weighted by molar-refractivity contribution is 14.1. The molecule has 0 bridgehead atoms. The minimum atomic E-state index is 0.557. The van der Waals surface area contributed by atoms with Gasteiger partial charge in [0.2, 0.25) is 0 Å².